The van der Waals surface area contributed by atoms with Crippen molar-refractivity contribution < 1.29 is 18.7 Å². The van der Waals surface area contributed by atoms with Crippen LogP contribution in [0.5, 0.6) is 11.5 Å². The quantitative estimate of drug-likeness (QED) is 0.328. The fourth-order valence-electron chi connectivity index (χ4n) is 4.62. The molecule has 0 amide bonds. The van der Waals surface area contributed by atoms with Crippen molar-refractivity contribution in [2.45, 2.75) is 71.5 Å². The van der Waals surface area contributed by atoms with Gasteiger partial charge in [-0.15, -0.1) is 0 Å². The zero-order valence-electron chi connectivity index (χ0n) is 17.9. The fraction of sp³-hybridized carbons (Fsp3) is 0.480. The maximum atomic E-state index is 15.4. The number of hydrogen-bond donors (Lipinski definition) is 0. The Balaban J connectivity index is 1.71. The predicted octanol–water partition coefficient (Wildman–Crippen LogP) is 5.79. The van der Waals surface area contributed by atoms with E-state index in [9.17, 15) is 4.79 Å². The Labute approximate surface area is 178 Å². The van der Waals surface area contributed by atoms with E-state index in [1.807, 2.05) is 6.07 Å². The van der Waals surface area contributed by atoms with Crippen molar-refractivity contribution in [1.29, 1.82) is 0 Å². The van der Waals surface area contributed by atoms with Crippen LogP contribution in [0.4, 0.5) is 4.39 Å². The number of benzene rings is 2. The number of para-hydroxylation sites is 1. The lowest BCUT2D eigenvalue weighted by atomic mass is 9.98. The van der Waals surface area contributed by atoms with Crippen molar-refractivity contribution in [1.82, 2.24) is 4.90 Å². The third-order valence-corrected chi connectivity index (χ3v) is 6.30. The summed E-state index contributed by atoms with van der Waals surface area (Å²) in [7, 11) is 0. The van der Waals surface area contributed by atoms with Gasteiger partial charge >= 0.3 is 5.97 Å². The molecule has 160 valence electrons. The second-order valence-electron chi connectivity index (χ2n) is 8.35. The highest BCUT2D eigenvalue weighted by molar-refractivity contribution is 5.96. The highest BCUT2D eigenvalue weighted by atomic mass is 19.1. The first kappa shape index (κ1) is 20.9. The zero-order chi connectivity index (χ0) is 21.1. The topological polar surface area (TPSA) is 38.8 Å². The van der Waals surface area contributed by atoms with Gasteiger partial charge in [0, 0.05) is 35.8 Å². The fourth-order valence-corrected chi connectivity index (χ4v) is 4.62. The molecule has 4 nitrogen and oxygen atoms in total. The third-order valence-electron chi connectivity index (χ3n) is 6.30. The van der Waals surface area contributed by atoms with Crippen LogP contribution in [0.3, 0.4) is 0 Å². The van der Waals surface area contributed by atoms with Crippen molar-refractivity contribution in [3.8, 4) is 11.5 Å². The number of carbonyl (C=O) groups is 1. The van der Waals surface area contributed by atoms with E-state index in [0.29, 0.717) is 48.4 Å². The van der Waals surface area contributed by atoms with Gasteiger partial charge in [-0.05, 0) is 38.3 Å². The first-order valence-corrected chi connectivity index (χ1v) is 11.1. The van der Waals surface area contributed by atoms with E-state index < -0.39 is 5.97 Å². The largest absolute Gasteiger partial charge is 0.492 e. The molecule has 4 rings (SSSR count). The molecule has 2 aromatic rings. The maximum absolute atomic E-state index is 15.4. The number of hydrogen-bond acceptors (Lipinski definition) is 4. The number of esters is 1. The number of rotatable bonds is 7. The van der Waals surface area contributed by atoms with Crippen LogP contribution < -0.4 is 9.47 Å². The molecule has 0 saturated heterocycles. The van der Waals surface area contributed by atoms with Crippen molar-refractivity contribution in [3.63, 3.8) is 0 Å². The van der Waals surface area contributed by atoms with Crippen molar-refractivity contribution in [2.75, 3.05) is 6.61 Å². The summed E-state index contributed by atoms with van der Waals surface area (Å²) >= 11 is 0. The number of unbranched alkanes of at least 4 members (excludes halogenated alkanes) is 1. The monoisotopic (exact) mass is 411 g/mol. The average molecular weight is 412 g/mol. The van der Waals surface area contributed by atoms with Crippen LogP contribution in [-0.2, 0) is 13.1 Å². The minimum Gasteiger partial charge on any atom is -0.492 e. The Morgan fingerprint density at radius 2 is 1.83 bits per heavy atom. The number of carbonyl (C=O) groups excluding carboxylic acids is 1. The Hall–Kier alpha value is -2.40. The van der Waals surface area contributed by atoms with Gasteiger partial charge in [0.15, 0.2) is 0 Å². The molecule has 5 heteroatoms. The van der Waals surface area contributed by atoms with Crippen molar-refractivity contribution in [2.24, 2.45) is 0 Å². The molecule has 2 aromatic carbocycles. The number of halogens is 1. The molecular formula is C25H30FNO3. The van der Waals surface area contributed by atoms with Crippen LogP contribution in [0.2, 0.25) is 0 Å². The van der Waals surface area contributed by atoms with Crippen LogP contribution in [0.15, 0.2) is 30.3 Å². The second-order valence-corrected chi connectivity index (χ2v) is 8.35. The normalized spacial score (nSPS) is 16.6. The van der Waals surface area contributed by atoms with Gasteiger partial charge in [0.05, 0.1) is 6.61 Å². The SMILES string of the molecule is CCCCOc1c2c(c(F)c(C)c1C(=O)Oc1ccccc1)CN(C1CCCC1)C2. The van der Waals surface area contributed by atoms with E-state index >= 15 is 4.39 Å². The molecule has 0 spiro atoms. The van der Waals surface area contributed by atoms with Crippen molar-refractivity contribution in [3.05, 3.63) is 58.4 Å². The zero-order valence-corrected chi connectivity index (χ0v) is 17.9. The first-order valence-electron chi connectivity index (χ1n) is 11.1. The lowest BCUT2D eigenvalue weighted by Gasteiger charge is -2.22. The molecule has 0 atom stereocenters. The lowest BCUT2D eigenvalue weighted by Crippen LogP contribution is -2.27. The molecule has 1 heterocycles. The summed E-state index contributed by atoms with van der Waals surface area (Å²) in [5.41, 5.74) is 2.04. The Morgan fingerprint density at radius 1 is 1.13 bits per heavy atom. The molecule has 0 N–H and O–H groups in total. The Kier molecular flexibility index (Phi) is 6.38. The van der Waals surface area contributed by atoms with Crippen LogP contribution in [0, 0.1) is 12.7 Å². The summed E-state index contributed by atoms with van der Waals surface area (Å²) in [6.07, 6.45) is 6.64. The minimum absolute atomic E-state index is 0.222. The van der Waals surface area contributed by atoms with Gasteiger partial charge in [-0.3, -0.25) is 4.90 Å². The Morgan fingerprint density at radius 3 is 2.53 bits per heavy atom. The molecule has 30 heavy (non-hydrogen) atoms. The Bertz CT molecular complexity index is 907. The standard InChI is InChI=1S/C25H30FNO3/c1-3-4-14-29-24-21-16-27(18-10-8-9-11-18)15-20(21)23(26)17(2)22(24)25(28)30-19-12-6-5-7-13-19/h5-7,12-13,18H,3-4,8-11,14-16H2,1-2H3. The smallest absolute Gasteiger partial charge is 0.347 e. The van der Waals surface area contributed by atoms with E-state index in [1.165, 1.54) is 12.8 Å². The van der Waals surface area contributed by atoms with Crippen LogP contribution in [0.1, 0.15) is 72.5 Å². The average Bonchev–Trinajstić information content (AvgIpc) is 3.42. The number of fused-ring (bicyclic) bond motifs is 1. The van der Waals surface area contributed by atoms with Gasteiger partial charge in [-0.25, -0.2) is 9.18 Å². The molecule has 0 radical (unpaired) electrons. The van der Waals surface area contributed by atoms with Gasteiger partial charge in [0.2, 0.25) is 0 Å². The summed E-state index contributed by atoms with van der Waals surface area (Å²) in [6.45, 7) is 5.47. The predicted molar refractivity (Wildman–Crippen MR) is 114 cm³/mol. The lowest BCUT2D eigenvalue weighted by molar-refractivity contribution is 0.0728. The van der Waals surface area contributed by atoms with Crippen LogP contribution in [-0.4, -0.2) is 23.5 Å². The van der Waals surface area contributed by atoms with Gasteiger partial charge in [-0.2, -0.15) is 0 Å². The van der Waals surface area contributed by atoms with Crippen LogP contribution in [0.25, 0.3) is 0 Å². The summed E-state index contributed by atoms with van der Waals surface area (Å²) in [5, 5.41) is 0. The maximum Gasteiger partial charge on any atom is 0.347 e. The summed E-state index contributed by atoms with van der Waals surface area (Å²) in [4.78, 5) is 15.4. The van der Waals surface area contributed by atoms with Gasteiger partial charge in [0.1, 0.15) is 22.9 Å². The summed E-state index contributed by atoms with van der Waals surface area (Å²) in [6, 6.07) is 9.38. The second kappa shape index (κ2) is 9.17. The summed E-state index contributed by atoms with van der Waals surface area (Å²) in [5.74, 6) is 0.0910. The van der Waals surface area contributed by atoms with E-state index in [1.54, 1.807) is 31.2 Å². The molecule has 1 aliphatic heterocycles. The van der Waals surface area contributed by atoms with E-state index in [-0.39, 0.29) is 11.4 Å². The first-order chi connectivity index (χ1) is 14.6. The molecule has 1 saturated carbocycles. The van der Waals surface area contributed by atoms with E-state index in [0.717, 1.165) is 31.2 Å². The molecule has 1 aliphatic carbocycles. The van der Waals surface area contributed by atoms with Gasteiger partial charge in [-0.1, -0.05) is 44.4 Å². The number of nitrogens with zero attached hydrogens (tertiary/aromatic N) is 1. The highest BCUT2D eigenvalue weighted by Crippen LogP contribution is 2.41. The van der Waals surface area contributed by atoms with Crippen LogP contribution >= 0.6 is 0 Å². The minimum atomic E-state index is -0.564. The molecule has 2 aliphatic rings. The van der Waals surface area contributed by atoms with E-state index in [2.05, 4.69) is 11.8 Å². The van der Waals surface area contributed by atoms with Gasteiger partial charge in [0.25, 0.3) is 0 Å². The molecule has 1 fully saturated rings. The van der Waals surface area contributed by atoms with E-state index in [4.69, 9.17) is 9.47 Å². The highest BCUT2D eigenvalue weighted by Gasteiger charge is 2.36. The number of ether oxygens (including phenoxy) is 2. The van der Waals surface area contributed by atoms with Gasteiger partial charge < -0.3 is 9.47 Å². The summed E-state index contributed by atoms with van der Waals surface area (Å²) < 4.78 is 27.1. The third kappa shape index (κ3) is 4.08. The molecular weight excluding hydrogens is 381 g/mol. The molecule has 0 unspecified atom stereocenters. The molecule has 0 aromatic heterocycles. The van der Waals surface area contributed by atoms with Crippen molar-refractivity contribution >= 4 is 5.97 Å². The molecule has 0 bridgehead atoms.